The summed E-state index contributed by atoms with van der Waals surface area (Å²) in [7, 11) is 3.89. The molecule has 2 aliphatic rings. The fourth-order valence-electron chi connectivity index (χ4n) is 5.08. The molecule has 5 nitrogen and oxygen atoms in total. The van der Waals surface area contributed by atoms with Gasteiger partial charge in [-0.1, -0.05) is 46.9 Å². The monoisotopic (exact) mass is 522 g/mol. The number of hydrogen-bond acceptors (Lipinski definition) is 4. The second-order valence-corrected chi connectivity index (χ2v) is 11.0. The van der Waals surface area contributed by atoms with Gasteiger partial charge in [-0.25, -0.2) is 0 Å². The van der Waals surface area contributed by atoms with E-state index in [1.807, 2.05) is 54.2 Å². The molecule has 2 fully saturated rings. The van der Waals surface area contributed by atoms with Crippen LogP contribution in [0.4, 0.5) is 5.69 Å². The average Bonchev–Trinajstić information content (AvgIpc) is 2.80. The molecule has 8 heteroatoms. The van der Waals surface area contributed by atoms with Crippen LogP contribution >= 0.6 is 34.8 Å². The molecule has 0 unspecified atom stereocenters. The second kappa shape index (κ2) is 11.5. The van der Waals surface area contributed by atoms with Crippen molar-refractivity contribution in [3.8, 4) is 0 Å². The standard InChI is InChI=1S/C26H33Cl3N4O/c1-30(2)18-26(34)32-11-9-19(10-12-32)16-31-13-14-33(24-8-7-22(28)15-23(24)29)25(17-31)20-3-5-21(27)6-4-20/h3-8,15,19,25H,9-14,16-18H2,1-2H3/t25-/m0/s1. The van der Waals surface area contributed by atoms with Gasteiger partial charge in [0.15, 0.2) is 0 Å². The van der Waals surface area contributed by atoms with Crippen molar-refractivity contribution in [1.29, 1.82) is 0 Å². The number of carbonyl (C=O) groups excluding carboxylic acids is 1. The number of halogens is 3. The van der Waals surface area contributed by atoms with E-state index < -0.39 is 0 Å². The molecule has 1 amide bonds. The van der Waals surface area contributed by atoms with Crippen LogP contribution in [-0.4, -0.2) is 80.5 Å². The van der Waals surface area contributed by atoms with E-state index in [-0.39, 0.29) is 11.9 Å². The molecule has 2 aromatic rings. The lowest BCUT2D eigenvalue weighted by molar-refractivity contribution is -0.133. The van der Waals surface area contributed by atoms with Crippen molar-refractivity contribution < 1.29 is 4.79 Å². The molecule has 0 aromatic heterocycles. The number of piperidine rings is 1. The minimum absolute atomic E-state index is 0.173. The van der Waals surface area contributed by atoms with Crippen LogP contribution in [0.15, 0.2) is 42.5 Å². The quantitative estimate of drug-likeness (QED) is 0.513. The largest absolute Gasteiger partial charge is 0.361 e. The summed E-state index contributed by atoms with van der Waals surface area (Å²) in [6, 6.07) is 14.0. The van der Waals surface area contributed by atoms with Crippen molar-refractivity contribution in [2.24, 2.45) is 5.92 Å². The Morgan fingerprint density at radius 3 is 2.26 bits per heavy atom. The molecular formula is C26H33Cl3N4O. The van der Waals surface area contributed by atoms with Gasteiger partial charge >= 0.3 is 0 Å². The van der Waals surface area contributed by atoms with Crippen molar-refractivity contribution in [3.63, 3.8) is 0 Å². The number of benzene rings is 2. The maximum Gasteiger partial charge on any atom is 0.236 e. The Labute approximate surface area is 218 Å². The van der Waals surface area contributed by atoms with E-state index in [0.29, 0.717) is 22.5 Å². The fourth-order valence-corrected chi connectivity index (χ4v) is 5.72. The van der Waals surface area contributed by atoms with Crippen LogP contribution in [0.5, 0.6) is 0 Å². The first-order valence-corrected chi connectivity index (χ1v) is 13.1. The molecule has 1 atom stereocenters. The Kier molecular flexibility index (Phi) is 8.65. The molecular weight excluding hydrogens is 491 g/mol. The summed E-state index contributed by atoms with van der Waals surface area (Å²) >= 11 is 18.9. The van der Waals surface area contributed by atoms with E-state index >= 15 is 0 Å². The van der Waals surface area contributed by atoms with Gasteiger partial charge in [0, 0.05) is 49.3 Å². The van der Waals surface area contributed by atoms with Gasteiger partial charge in [-0.15, -0.1) is 0 Å². The van der Waals surface area contributed by atoms with Crippen LogP contribution < -0.4 is 4.90 Å². The third kappa shape index (κ3) is 6.38. The maximum absolute atomic E-state index is 12.4. The van der Waals surface area contributed by atoms with Gasteiger partial charge in [0.2, 0.25) is 5.91 Å². The Hall–Kier alpha value is -1.50. The Bertz CT molecular complexity index is 977. The summed E-state index contributed by atoms with van der Waals surface area (Å²) in [5, 5.41) is 2.06. The van der Waals surface area contributed by atoms with E-state index in [0.717, 1.165) is 62.8 Å². The normalized spacial score (nSPS) is 20.2. The van der Waals surface area contributed by atoms with E-state index in [2.05, 4.69) is 21.9 Å². The minimum Gasteiger partial charge on any atom is -0.361 e. The van der Waals surface area contributed by atoms with E-state index in [1.165, 1.54) is 5.56 Å². The highest BCUT2D eigenvalue weighted by atomic mass is 35.5. The summed E-state index contributed by atoms with van der Waals surface area (Å²) in [5.74, 6) is 0.847. The highest BCUT2D eigenvalue weighted by Crippen LogP contribution is 2.37. The SMILES string of the molecule is CN(C)CC(=O)N1CCC(CN2CCN(c3ccc(Cl)cc3Cl)[C@H](c3ccc(Cl)cc3)C2)CC1. The smallest absolute Gasteiger partial charge is 0.236 e. The number of likely N-dealkylation sites (N-methyl/N-ethyl adjacent to an activating group) is 1. The van der Waals surface area contributed by atoms with Crippen molar-refractivity contribution in [1.82, 2.24) is 14.7 Å². The lowest BCUT2D eigenvalue weighted by atomic mass is 9.94. The number of amides is 1. The maximum atomic E-state index is 12.4. The van der Waals surface area contributed by atoms with Crippen LogP contribution in [0, 0.1) is 5.92 Å². The molecule has 0 aliphatic carbocycles. The lowest BCUT2D eigenvalue weighted by Gasteiger charge is -2.45. The Morgan fingerprint density at radius 1 is 0.941 bits per heavy atom. The van der Waals surface area contributed by atoms with Gasteiger partial charge in [-0.05, 0) is 68.8 Å². The molecule has 0 saturated carbocycles. The zero-order chi connectivity index (χ0) is 24.2. The summed E-state index contributed by atoms with van der Waals surface area (Å²) < 4.78 is 0. The molecule has 0 radical (unpaired) electrons. The number of hydrogen-bond donors (Lipinski definition) is 0. The number of likely N-dealkylation sites (tertiary alicyclic amines) is 1. The van der Waals surface area contributed by atoms with Crippen molar-refractivity contribution >= 4 is 46.4 Å². The molecule has 0 N–H and O–H groups in total. The molecule has 4 rings (SSSR count). The zero-order valence-corrected chi connectivity index (χ0v) is 22.2. The highest BCUT2D eigenvalue weighted by Gasteiger charge is 2.32. The Balaban J connectivity index is 1.43. The van der Waals surface area contributed by atoms with Crippen molar-refractivity contribution in [3.05, 3.63) is 63.1 Å². The van der Waals surface area contributed by atoms with Crippen LogP contribution in [0.2, 0.25) is 15.1 Å². The topological polar surface area (TPSA) is 30.0 Å². The molecule has 2 heterocycles. The van der Waals surface area contributed by atoms with Gasteiger partial charge in [0.05, 0.1) is 23.3 Å². The molecule has 2 aromatic carbocycles. The van der Waals surface area contributed by atoms with Gasteiger partial charge < -0.3 is 14.7 Å². The zero-order valence-electron chi connectivity index (χ0n) is 19.9. The number of carbonyl (C=O) groups is 1. The predicted octanol–water partition coefficient (Wildman–Crippen LogP) is 5.31. The first kappa shape index (κ1) is 25.6. The fraction of sp³-hybridized carbons (Fsp3) is 0.500. The van der Waals surface area contributed by atoms with E-state index in [9.17, 15) is 4.79 Å². The molecule has 184 valence electrons. The summed E-state index contributed by atoms with van der Waals surface area (Å²) in [6.45, 7) is 6.04. The Morgan fingerprint density at radius 2 is 1.62 bits per heavy atom. The van der Waals surface area contributed by atoms with Gasteiger partial charge in [-0.2, -0.15) is 0 Å². The third-order valence-electron chi connectivity index (χ3n) is 6.87. The third-order valence-corrected chi connectivity index (χ3v) is 7.66. The van der Waals surface area contributed by atoms with Crippen molar-refractivity contribution in [2.75, 3.05) is 64.8 Å². The molecule has 0 bridgehead atoms. The molecule has 0 spiro atoms. The predicted molar refractivity (Wildman–Crippen MR) is 142 cm³/mol. The van der Waals surface area contributed by atoms with Crippen LogP contribution in [0.3, 0.4) is 0 Å². The minimum atomic E-state index is 0.173. The van der Waals surface area contributed by atoms with Gasteiger partial charge in [0.25, 0.3) is 0 Å². The number of nitrogens with zero attached hydrogens (tertiary/aromatic N) is 4. The summed E-state index contributed by atoms with van der Waals surface area (Å²) in [5.41, 5.74) is 2.24. The van der Waals surface area contributed by atoms with Crippen LogP contribution in [0.25, 0.3) is 0 Å². The number of rotatable bonds is 6. The van der Waals surface area contributed by atoms with E-state index in [1.54, 1.807) is 0 Å². The summed E-state index contributed by atoms with van der Waals surface area (Å²) in [4.78, 5) is 21.3. The number of anilines is 1. The highest BCUT2D eigenvalue weighted by molar-refractivity contribution is 6.36. The average molecular weight is 524 g/mol. The first-order valence-electron chi connectivity index (χ1n) is 11.9. The second-order valence-electron chi connectivity index (χ2n) is 9.68. The van der Waals surface area contributed by atoms with Gasteiger partial charge in [-0.3, -0.25) is 9.69 Å². The molecule has 34 heavy (non-hydrogen) atoms. The molecule has 2 saturated heterocycles. The van der Waals surface area contributed by atoms with E-state index in [4.69, 9.17) is 34.8 Å². The van der Waals surface area contributed by atoms with Gasteiger partial charge in [0.1, 0.15) is 0 Å². The van der Waals surface area contributed by atoms with Crippen molar-refractivity contribution in [2.45, 2.75) is 18.9 Å². The van der Waals surface area contributed by atoms with Crippen LogP contribution in [-0.2, 0) is 4.79 Å². The lowest BCUT2D eigenvalue weighted by Crippen LogP contribution is -2.51. The van der Waals surface area contributed by atoms with Crippen LogP contribution in [0.1, 0.15) is 24.4 Å². The molecule has 2 aliphatic heterocycles. The number of piperazine rings is 1. The first-order chi connectivity index (χ1) is 16.3. The summed E-state index contributed by atoms with van der Waals surface area (Å²) in [6.07, 6.45) is 2.13.